The van der Waals surface area contributed by atoms with Crippen molar-refractivity contribution in [3.05, 3.63) is 41.3 Å². The molecule has 2 aromatic heterocycles. The summed E-state index contributed by atoms with van der Waals surface area (Å²) in [6.07, 6.45) is 0. The number of hydrogen-bond donors (Lipinski definition) is 1. The molecule has 2 heterocycles. The number of rotatable bonds is 3. The number of nitrogens with one attached hydrogen (secondary N) is 1. The highest BCUT2D eigenvalue weighted by Crippen LogP contribution is 2.36. The average Bonchev–Trinajstić information content (AvgIpc) is 2.84. The maximum Gasteiger partial charge on any atom is 0.213 e. The smallest absolute Gasteiger partial charge is 0.213 e. The van der Waals surface area contributed by atoms with Crippen LogP contribution in [0.3, 0.4) is 0 Å². The van der Waals surface area contributed by atoms with Gasteiger partial charge in [-0.2, -0.15) is 0 Å². The van der Waals surface area contributed by atoms with Crippen molar-refractivity contribution in [2.45, 2.75) is 29.8 Å². The predicted molar refractivity (Wildman–Crippen MR) is 81.3 cm³/mol. The second-order valence-electron chi connectivity index (χ2n) is 4.46. The minimum Gasteiger partial charge on any atom is -0.262 e. The first-order valence-electron chi connectivity index (χ1n) is 6.20. The number of para-hydroxylation sites is 1. The maximum absolute atomic E-state index is 6.11. The van der Waals surface area contributed by atoms with E-state index >= 15 is 0 Å². The Morgan fingerprint density at radius 1 is 1.20 bits per heavy atom. The molecule has 20 heavy (non-hydrogen) atoms. The standard InChI is InChI=1S/C14H13ClN4S/c1-8-11(7-15)13(20-14-17-9(2)18-19-14)10-5-3-4-6-12(10)16-8/h3-6H,7H2,1-2H3,(H,17,18,19). The van der Waals surface area contributed by atoms with Gasteiger partial charge in [0.05, 0.1) is 11.4 Å². The molecule has 0 saturated heterocycles. The van der Waals surface area contributed by atoms with Gasteiger partial charge in [-0.05, 0) is 31.7 Å². The van der Waals surface area contributed by atoms with E-state index in [4.69, 9.17) is 11.6 Å². The van der Waals surface area contributed by atoms with Crippen LogP contribution in [-0.4, -0.2) is 20.2 Å². The largest absolute Gasteiger partial charge is 0.262 e. The summed E-state index contributed by atoms with van der Waals surface area (Å²) in [5, 5.41) is 8.83. The SMILES string of the molecule is Cc1nc(Sc2c(CCl)c(C)nc3ccccc23)n[nH]1. The van der Waals surface area contributed by atoms with Gasteiger partial charge in [-0.15, -0.1) is 16.7 Å². The Morgan fingerprint density at radius 2 is 2.00 bits per heavy atom. The average molecular weight is 305 g/mol. The summed E-state index contributed by atoms with van der Waals surface area (Å²) in [5.74, 6) is 1.23. The molecule has 3 aromatic rings. The van der Waals surface area contributed by atoms with Crippen LogP contribution in [0.15, 0.2) is 34.3 Å². The normalized spacial score (nSPS) is 11.2. The van der Waals surface area contributed by atoms with Crippen molar-refractivity contribution in [3.8, 4) is 0 Å². The lowest BCUT2D eigenvalue weighted by molar-refractivity contribution is 0.968. The van der Waals surface area contributed by atoms with Crippen LogP contribution in [-0.2, 0) is 5.88 Å². The molecule has 0 unspecified atom stereocenters. The van der Waals surface area contributed by atoms with Gasteiger partial charge in [-0.25, -0.2) is 4.98 Å². The molecule has 0 aliphatic heterocycles. The molecule has 6 heteroatoms. The lowest BCUT2D eigenvalue weighted by atomic mass is 10.1. The summed E-state index contributed by atoms with van der Waals surface area (Å²) in [5.41, 5.74) is 2.96. The number of pyridine rings is 1. The van der Waals surface area contributed by atoms with E-state index in [9.17, 15) is 0 Å². The lowest BCUT2D eigenvalue weighted by Crippen LogP contribution is -1.96. The van der Waals surface area contributed by atoms with Crippen LogP contribution in [0.4, 0.5) is 0 Å². The van der Waals surface area contributed by atoms with E-state index in [0.717, 1.165) is 32.9 Å². The van der Waals surface area contributed by atoms with Crippen molar-refractivity contribution in [1.29, 1.82) is 0 Å². The Kier molecular flexibility index (Phi) is 3.63. The van der Waals surface area contributed by atoms with Gasteiger partial charge >= 0.3 is 0 Å². The molecule has 4 nitrogen and oxygen atoms in total. The van der Waals surface area contributed by atoms with Gasteiger partial charge in [0.2, 0.25) is 5.16 Å². The van der Waals surface area contributed by atoms with Crippen molar-refractivity contribution in [2.75, 3.05) is 0 Å². The van der Waals surface area contributed by atoms with Crippen molar-refractivity contribution >= 4 is 34.3 Å². The fourth-order valence-electron chi connectivity index (χ4n) is 2.07. The van der Waals surface area contributed by atoms with Crippen LogP contribution in [0.2, 0.25) is 0 Å². The number of nitrogens with zero attached hydrogens (tertiary/aromatic N) is 3. The molecule has 0 atom stereocenters. The molecule has 1 N–H and O–H groups in total. The Morgan fingerprint density at radius 3 is 2.70 bits per heavy atom. The number of benzene rings is 1. The quantitative estimate of drug-likeness (QED) is 0.747. The Hall–Kier alpha value is -1.59. The summed E-state index contributed by atoms with van der Waals surface area (Å²) in [7, 11) is 0. The topological polar surface area (TPSA) is 54.5 Å². The van der Waals surface area contributed by atoms with E-state index in [0.29, 0.717) is 11.0 Å². The Balaban J connectivity index is 2.20. The minimum absolute atomic E-state index is 0.426. The van der Waals surface area contributed by atoms with Gasteiger partial charge in [0.15, 0.2) is 0 Å². The molecular weight excluding hydrogens is 292 g/mol. The third-order valence-electron chi connectivity index (χ3n) is 3.05. The summed E-state index contributed by atoms with van der Waals surface area (Å²) in [4.78, 5) is 10.0. The number of aromatic nitrogens is 4. The van der Waals surface area contributed by atoms with Crippen LogP contribution in [0.5, 0.6) is 0 Å². The second kappa shape index (κ2) is 5.42. The summed E-state index contributed by atoms with van der Waals surface area (Å²) < 4.78 is 0. The van der Waals surface area contributed by atoms with E-state index in [1.807, 2.05) is 32.0 Å². The molecular formula is C14H13ClN4S. The highest BCUT2D eigenvalue weighted by Gasteiger charge is 2.15. The highest BCUT2D eigenvalue weighted by atomic mass is 35.5. The zero-order valence-electron chi connectivity index (χ0n) is 11.1. The number of alkyl halides is 1. The molecule has 0 radical (unpaired) electrons. The number of aryl methyl sites for hydroxylation is 2. The number of hydrogen-bond acceptors (Lipinski definition) is 4. The number of halogens is 1. The Bertz CT molecular complexity index is 769. The monoisotopic (exact) mass is 304 g/mol. The molecule has 0 aliphatic carbocycles. The maximum atomic E-state index is 6.11. The molecule has 0 fully saturated rings. The zero-order valence-corrected chi connectivity index (χ0v) is 12.7. The molecule has 0 aliphatic rings. The summed E-state index contributed by atoms with van der Waals surface area (Å²) in [6, 6.07) is 8.05. The van der Waals surface area contributed by atoms with Gasteiger partial charge in [-0.3, -0.25) is 10.1 Å². The third kappa shape index (κ3) is 2.39. The van der Waals surface area contributed by atoms with Crippen molar-refractivity contribution in [3.63, 3.8) is 0 Å². The molecule has 0 saturated carbocycles. The first kappa shape index (κ1) is 13.4. The van der Waals surface area contributed by atoms with Gasteiger partial charge in [0, 0.05) is 21.5 Å². The summed E-state index contributed by atoms with van der Waals surface area (Å²) >= 11 is 7.63. The molecule has 102 valence electrons. The minimum atomic E-state index is 0.426. The van der Waals surface area contributed by atoms with E-state index in [-0.39, 0.29) is 0 Å². The van der Waals surface area contributed by atoms with Gasteiger partial charge < -0.3 is 0 Å². The van der Waals surface area contributed by atoms with Crippen LogP contribution >= 0.6 is 23.4 Å². The fourth-order valence-corrected chi connectivity index (χ4v) is 3.56. The number of fused-ring (bicyclic) bond motifs is 1. The van der Waals surface area contributed by atoms with E-state index in [1.165, 1.54) is 11.8 Å². The fraction of sp³-hybridized carbons (Fsp3) is 0.214. The number of H-pyrrole nitrogens is 1. The molecule has 0 amide bonds. The number of aromatic amines is 1. The van der Waals surface area contributed by atoms with E-state index < -0.39 is 0 Å². The van der Waals surface area contributed by atoms with Crippen LogP contribution in [0, 0.1) is 13.8 Å². The second-order valence-corrected chi connectivity index (χ2v) is 5.71. The Labute approximate surface area is 126 Å². The van der Waals surface area contributed by atoms with E-state index in [1.54, 1.807) is 0 Å². The summed E-state index contributed by atoms with van der Waals surface area (Å²) in [6.45, 7) is 3.87. The first-order chi connectivity index (χ1) is 9.69. The van der Waals surface area contributed by atoms with Crippen LogP contribution in [0.1, 0.15) is 17.1 Å². The van der Waals surface area contributed by atoms with Crippen molar-refractivity contribution in [2.24, 2.45) is 0 Å². The van der Waals surface area contributed by atoms with E-state index in [2.05, 4.69) is 26.2 Å². The lowest BCUT2D eigenvalue weighted by Gasteiger charge is -2.11. The van der Waals surface area contributed by atoms with Crippen molar-refractivity contribution in [1.82, 2.24) is 20.2 Å². The van der Waals surface area contributed by atoms with Gasteiger partial charge in [-0.1, -0.05) is 18.2 Å². The zero-order chi connectivity index (χ0) is 14.1. The van der Waals surface area contributed by atoms with Gasteiger partial charge in [0.1, 0.15) is 5.82 Å². The van der Waals surface area contributed by atoms with Gasteiger partial charge in [0.25, 0.3) is 0 Å². The molecule has 0 spiro atoms. The molecule has 3 rings (SSSR count). The van der Waals surface area contributed by atoms with Crippen LogP contribution < -0.4 is 0 Å². The first-order valence-corrected chi connectivity index (χ1v) is 7.55. The van der Waals surface area contributed by atoms with Crippen LogP contribution in [0.25, 0.3) is 10.9 Å². The predicted octanol–water partition coefficient (Wildman–Crippen LogP) is 3.86. The van der Waals surface area contributed by atoms with Crippen molar-refractivity contribution < 1.29 is 0 Å². The molecule has 1 aromatic carbocycles. The highest BCUT2D eigenvalue weighted by molar-refractivity contribution is 7.99. The molecule has 0 bridgehead atoms. The third-order valence-corrected chi connectivity index (χ3v) is 4.35.